The van der Waals surface area contributed by atoms with E-state index in [1.807, 2.05) is 39.8 Å². The van der Waals surface area contributed by atoms with Crippen LogP contribution in [0.5, 0.6) is 5.75 Å². The second kappa shape index (κ2) is 6.82. The first-order valence-electron chi connectivity index (χ1n) is 6.40. The standard InChI is InChI=1S/C13H18BFO.C2H6/c1-12(2,13(3,4)15)9-16-11-7-5-6-10(14)8-11;1-2/h5-8H,9H2,1-4H3;1-2H3. The van der Waals surface area contributed by atoms with Crippen molar-refractivity contribution in [1.82, 2.24) is 0 Å². The molecule has 3 heteroatoms. The van der Waals surface area contributed by atoms with Gasteiger partial charge in [0.1, 0.15) is 19.3 Å². The molecule has 0 aliphatic rings. The number of rotatable bonds is 4. The van der Waals surface area contributed by atoms with Crippen molar-refractivity contribution in [3.63, 3.8) is 0 Å². The number of alkyl halides is 1. The molecule has 0 heterocycles. The normalized spacial score (nSPS) is 11.5. The topological polar surface area (TPSA) is 9.23 Å². The third-order valence-electron chi connectivity index (χ3n) is 3.07. The molecule has 1 nitrogen and oxygen atoms in total. The highest BCUT2D eigenvalue weighted by molar-refractivity contribution is 6.32. The monoisotopic (exact) mass is 250 g/mol. The molecule has 0 saturated carbocycles. The highest BCUT2D eigenvalue weighted by Crippen LogP contribution is 2.34. The Morgan fingerprint density at radius 3 is 2.17 bits per heavy atom. The lowest BCUT2D eigenvalue weighted by molar-refractivity contribution is 0.0127. The maximum atomic E-state index is 13.8. The van der Waals surface area contributed by atoms with Gasteiger partial charge in [0.2, 0.25) is 0 Å². The van der Waals surface area contributed by atoms with Crippen molar-refractivity contribution in [2.45, 2.75) is 47.2 Å². The average Bonchev–Trinajstić information content (AvgIpc) is 2.28. The molecular weight excluding hydrogens is 226 g/mol. The second-order valence-corrected chi connectivity index (χ2v) is 5.22. The fourth-order valence-electron chi connectivity index (χ4n) is 1.04. The molecule has 0 saturated heterocycles. The Balaban J connectivity index is 0.00000137. The first-order valence-corrected chi connectivity index (χ1v) is 6.40. The van der Waals surface area contributed by atoms with Crippen molar-refractivity contribution in [2.24, 2.45) is 5.41 Å². The average molecular weight is 250 g/mol. The first-order chi connectivity index (χ1) is 8.22. The Hall–Kier alpha value is -0.985. The van der Waals surface area contributed by atoms with Crippen LogP contribution in [0.2, 0.25) is 0 Å². The number of hydrogen-bond acceptors (Lipinski definition) is 1. The maximum absolute atomic E-state index is 13.8. The van der Waals surface area contributed by atoms with E-state index in [0.717, 1.165) is 0 Å². The van der Waals surface area contributed by atoms with E-state index >= 15 is 0 Å². The van der Waals surface area contributed by atoms with Gasteiger partial charge in [0.25, 0.3) is 0 Å². The van der Waals surface area contributed by atoms with Crippen LogP contribution in [0.4, 0.5) is 4.39 Å². The van der Waals surface area contributed by atoms with E-state index in [1.165, 1.54) is 0 Å². The second-order valence-electron chi connectivity index (χ2n) is 5.22. The van der Waals surface area contributed by atoms with Gasteiger partial charge in [0.05, 0.1) is 6.61 Å². The molecule has 0 bridgehead atoms. The van der Waals surface area contributed by atoms with Crippen LogP contribution in [-0.4, -0.2) is 20.1 Å². The smallest absolute Gasteiger partial charge is 0.118 e. The summed E-state index contributed by atoms with van der Waals surface area (Å²) in [7, 11) is 5.63. The van der Waals surface area contributed by atoms with Crippen LogP contribution in [-0.2, 0) is 0 Å². The number of benzene rings is 1. The summed E-state index contributed by atoms with van der Waals surface area (Å²) in [4.78, 5) is 0. The summed E-state index contributed by atoms with van der Waals surface area (Å²) in [6, 6.07) is 7.16. The zero-order valence-electron chi connectivity index (χ0n) is 12.4. The van der Waals surface area contributed by atoms with Crippen LogP contribution in [0.3, 0.4) is 0 Å². The van der Waals surface area contributed by atoms with Gasteiger partial charge < -0.3 is 4.74 Å². The van der Waals surface area contributed by atoms with Crippen LogP contribution in [0.25, 0.3) is 0 Å². The van der Waals surface area contributed by atoms with Crippen LogP contribution in [0, 0.1) is 5.41 Å². The largest absolute Gasteiger partial charge is 0.493 e. The Kier molecular flexibility index (Phi) is 6.44. The number of hydrogen-bond donors (Lipinski definition) is 0. The van der Waals surface area contributed by atoms with Crippen molar-refractivity contribution in [2.75, 3.05) is 6.61 Å². The molecule has 2 radical (unpaired) electrons. The molecule has 1 aromatic carbocycles. The fraction of sp³-hybridized carbons (Fsp3) is 0.600. The maximum Gasteiger partial charge on any atom is 0.118 e. The molecule has 100 valence electrons. The Labute approximate surface area is 112 Å². The van der Waals surface area contributed by atoms with E-state index in [-0.39, 0.29) is 0 Å². The lowest BCUT2D eigenvalue weighted by atomic mass is 9.79. The van der Waals surface area contributed by atoms with Gasteiger partial charge in [0, 0.05) is 5.41 Å². The van der Waals surface area contributed by atoms with E-state index in [1.54, 1.807) is 26.0 Å². The predicted molar refractivity (Wildman–Crippen MR) is 77.6 cm³/mol. The van der Waals surface area contributed by atoms with Gasteiger partial charge in [-0.3, -0.25) is 0 Å². The minimum absolute atomic E-state index is 0.319. The van der Waals surface area contributed by atoms with Crippen molar-refractivity contribution in [1.29, 1.82) is 0 Å². The summed E-state index contributed by atoms with van der Waals surface area (Å²) in [6.45, 7) is 11.1. The lowest BCUT2D eigenvalue weighted by Crippen LogP contribution is -2.39. The molecule has 1 aromatic rings. The molecular formula is C15H24BFO. The molecule has 0 aliphatic carbocycles. The molecule has 0 spiro atoms. The summed E-state index contributed by atoms with van der Waals surface area (Å²) in [6.07, 6.45) is 0. The predicted octanol–water partition coefficient (Wildman–Crippen LogP) is 3.66. The minimum Gasteiger partial charge on any atom is -0.493 e. The Morgan fingerprint density at radius 2 is 1.72 bits per heavy atom. The van der Waals surface area contributed by atoms with Gasteiger partial charge in [-0.05, 0) is 26.0 Å². The lowest BCUT2D eigenvalue weighted by Gasteiger charge is -2.34. The summed E-state index contributed by atoms with van der Waals surface area (Å²) in [5.41, 5.74) is -1.18. The molecule has 0 N–H and O–H groups in total. The Morgan fingerprint density at radius 1 is 1.17 bits per heavy atom. The van der Waals surface area contributed by atoms with E-state index in [9.17, 15) is 4.39 Å². The van der Waals surface area contributed by atoms with Crippen LogP contribution in [0.1, 0.15) is 41.5 Å². The zero-order chi connectivity index (χ0) is 14.4. The van der Waals surface area contributed by atoms with Gasteiger partial charge in [-0.25, -0.2) is 4.39 Å². The summed E-state index contributed by atoms with van der Waals surface area (Å²) in [5, 5.41) is 0. The molecule has 0 aromatic heterocycles. The van der Waals surface area contributed by atoms with E-state index in [2.05, 4.69) is 0 Å². The molecule has 0 aliphatic heterocycles. The third-order valence-corrected chi connectivity index (χ3v) is 3.07. The Bertz CT molecular complexity index is 356. The van der Waals surface area contributed by atoms with Crippen LogP contribution in [0.15, 0.2) is 24.3 Å². The van der Waals surface area contributed by atoms with Crippen molar-refractivity contribution < 1.29 is 9.13 Å². The number of halogens is 1. The molecule has 1 rings (SSSR count). The van der Waals surface area contributed by atoms with Crippen molar-refractivity contribution >= 4 is 13.3 Å². The van der Waals surface area contributed by atoms with E-state index in [0.29, 0.717) is 17.8 Å². The summed E-state index contributed by atoms with van der Waals surface area (Å²) < 4.78 is 19.4. The summed E-state index contributed by atoms with van der Waals surface area (Å²) in [5.74, 6) is 0.678. The molecule has 0 fully saturated rings. The third kappa shape index (κ3) is 5.11. The minimum atomic E-state index is -1.28. The molecule has 0 atom stereocenters. The van der Waals surface area contributed by atoms with Gasteiger partial charge in [-0.1, -0.05) is 45.3 Å². The number of ether oxygens (including phenoxy) is 1. The van der Waals surface area contributed by atoms with E-state index < -0.39 is 11.1 Å². The van der Waals surface area contributed by atoms with Gasteiger partial charge in [-0.15, -0.1) is 0 Å². The van der Waals surface area contributed by atoms with Crippen LogP contribution >= 0.6 is 0 Å². The van der Waals surface area contributed by atoms with Crippen molar-refractivity contribution in [3.8, 4) is 5.75 Å². The van der Waals surface area contributed by atoms with E-state index in [4.69, 9.17) is 12.6 Å². The molecule has 0 unspecified atom stereocenters. The zero-order valence-corrected chi connectivity index (χ0v) is 12.4. The van der Waals surface area contributed by atoms with Gasteiger partial charge in [0.15, 0.2) is 0 Å². The highest BCUT2D eigenvalue weighted by atomic mass is 19.1. The quantitative estimate of drug-likeness (QED) is 0.741. The highest BCUT2D eigenvalue weighted by Gasteiger charge is 2.37. The SMILES string of the molecule is CC.[B]c1cccc(OCC(C)(C)C(C)(C)F)c1. The fourth-order valence-corrected chi connectivity index (χ4v) is 1.04. The molecule has 0 amide bonds. The van der Waals surface area contributed by atoms with Crippen LogP contribution < -0.4 is 10.2 Å². The van der Waals surface area contributed by atoms with Crippen molar-refractivity contribution in [3.05, 3.63) is 24.3 Å². The van der Waals surface area contributed by atoms with Gasteiger partial charge in [-0.2, -0.15) is 0 Å². The van der Waals surface area contributed by atoms with Gasteiger partial charge >= 0.3 is 0 Å². The first kappa shape index (κ1) is 17.0. The summed E-state index contributed by atoms with van der Waals surface area (Å²) >= 11 is 0. The molecule has 18 heavy (non-hydrogen) atoms.